The summed E-state index contributed by atoms with van der Waals surface area (Å²) in [4.78, 5) is 7.98. The molecule has 2 rings (SSSR count). The topological polar surface area (TPSA) is 67.3 Å². The molecule has 0 radical (unpaired) electrons. The number of hydrogen-bond donors (Lipinski definition) is 2. The molecule has 0 saturated carbocycles. The number of phenols is 1. The maximum atomic E-state index is 9.48. The van der Waals surface area contributed by atoms with Gasteiger partial charge in [0.2, 0.25) is 0 Å². The minimum atomic E-state index is 0.150. The minimum absolute atomic E-state index is 0.150. The SMILES string of the molecule is COc1cc(CNCc2ccncn2)ccc1O. The second-order valence-corrected chi connectivity index (χ2v) is 3.81. The van der Waals surface area contributed by atoms with Crippen LogP contribution in [0.4, 0.5) is 0 Å². The Morgan fingerprint density at radius 2 is 2.17 bits per heavy atom. The summed E-state index contributed by atoms with van der Waals surface area (Å²) in [6.07, 6.45) is 3.24. The van der Waals surface area contributed by atoms with Crippen molar-refractivity contribution in [3.63, 3.8) is 0 Å². The molecule has 5 heteroatoms. The molecular weight excluding hydrogens is 230 g/mol. The smallest absolute Gasteiger partial charge is 0.160 e. The van der Waals surface area contributed by atoms with Crippen LogP contribution in [-0.4, -0.2) is 22.2 Å². The molecule has 1 heterocycles. The highest BCUT2D eigenvalue weighted by atomic mass is 16.5. The lowest BCUT2D eigenvalue weighted by Gasteiger charge is -2.07. The van der Waals surface area contributed by atoms with Gasteiger partial charge in [0.25, 0.3) is 0 Å². The van der Waals surface area contributed by atoms with Crippen molar-refractivity contribution in [1.29, 1.82) is 0 Å². The van der Waals surface area contributed by atoms with Gasteiger partial charge in [0.05, 0.1) is 12.8 Å². The Bertz CT molecular complexity index is 503. The maximum Gasteiger partial charge on any atom is 0.160 e. The van der Waals surface area contributed by atoms with Crippen LogP contribution in [-0.2, 0) is 13.1 Å². The highest BCUT2D eigenvalue weighted by Crippen LogP contribution is 2.26. The Hall–Kier alpha value is -2.14. The zero-order valence-corrected chi connectivity index (χ0v) is 10.1. The van der Waals surface area contributed by atoms with Gasteiger partial charge in [-0.15, -0.1) is 0 Å². The molecule has 18 heavy (non-hydrogen) atoms. The third-order valence-electron chi connectivity index (χ3n) is 2.52. The van der Waals surface area contributed by atoms with Gasteiger partial charge >= 0.3 is 0 Å². The summed E-state index contributed by atoms with van der Waals surface area (Å²) in [7, 11) is 1.53. The molecular formula is C13H15N3O2. The van der Waals surface area contributed by atoms with Crippen LogP contribution in [0, 0.1) is 0 Å². The quantitative estimate of drug-likeness (QED) is 0.835. The van der Waals surface area contributed by atoms with Crippen molar-refractivity contribution in [3.8, 4) is 11.5 Å². The fraction of sp³-hybridized carbons (Fsp3) is 0.231. The number of hydrogen-bond acceptors (Lipinski definition) is 5. The first kappa shape index (κ1) is 12.3. The normalized spacial score (nSPS) is 10.3. The van der Waals surface area contributed by atoms with Crippen molar-refractivity contribution in [1.82, 2.24) is 15.3 Å². The number of aromatic nitrogens is 2. The van der Waals surface area contributed by atoms with Crippen LogP contribution in [0.25, 0.3) is 0 Å². The lowest BCUT2D eigenvalue weighted by molar-refractivity contribution is 0.372. The second kappa shape index (κ2) is 5.97. The molecule has 0 saturated heterocycles. The van der Waals surface area contributed by atoms with Crippen LogP contribution in [0.1, 0.15) is 11.3 Å². The number of aromatic hydroxyl groups is 1. The number of ether oxygens (including phenoxy) is 1. The summed E-state index contributed by atoms with van der Waals surface area (Å²) in [5, 5.41) is 12.7. The maximum absolute atomic E-state index is 9.48. The number of benzene rings is 1. The summed E-state index contributed by atoms with van der Waals surface area (Å²) < 4.78 is 5.05. The molecule has 2 N–H and O–H groups in total. The monoisotopic (exact) mass is 245 g/mol. The number of rotatable bonds is 5. The molecule has 0 aliphatic carbocycles. The van der Waals surface area contributed by atoms with E-state index in [4.69, 9.17) is 4.74 Å². The second-order valence-electron chi connectivity index (χ2n) is 3.81. The number of phenolic OH excluding ortho intramolecular Hbond substituents is 1. The molecule has 1 aromatic heterocycles. The Balaban J connectivity index is 1.91. The van der Waals surface area contributed by atoms with Crippen LogP contribution >= 0.6 is 0 Å². The molecule has 0 fully saturated rings. The van der Waals surface area contributed by atoms with Crippen molar-refractivity contribution < 1.29 is 9.84 Å². The van der Waals surface area contributed by atoms with E-state index >= 15 is 0 Å². The largest absolute Gasteiger partial charge is 0.504 e. The predicted octanol–water partition coefficient (Wildman–Crippen LogP) is 1.48. The van der Waals surface area contributed by atoms with Crippen LogP contribution in [0.5, 0.6) is 11.5 Å². The summed E-state index contributed by atoms with van der Waals surface area (Å²) in [5.41, 5.74) is 1.98. The van der Waals surface area contributed by atoms with Crippen molar-refractivity contribution in [2.24, 2.45) is 0 Å². The predicted molar refractivity (Wildman–Crippen MR) is 67.2 cm³/mol. The van der Waals surface area contributed by atoms with E-state index in [0.29, 0.717) is 18.8 Å². The summed E-state index contributed by atoms with van der Waals surface area (Å²) in [6, 6.07) is 7.15. The fourth-order valence-corrected chi connectivity index (χ4v) is 1.59. The van der Waals surface area contributed by atoms with Crippen molar-refractivity contribution in [3.05, 3.63) is 48.0 Å². The third-order valence-corrected chi connectivity index (χ3v) is 2.52. The van der Waals surface area contributed by atoms with E-state index in [1.54, 1.807) is 12.3 Å². The van der Waals surface area contributed by atoms with Gasteiger partial charge in [0.1, 0.15) is 6.33 Å². The molecule has 1 aromatic carbocycles. The van der Waals surface area contributed by atoms with Crippen LogP contribution in [0.2, 0.25) is 0 Å². The van der Waals surface area contributed by atoms with Gasteiger partial charge in [0.15, 0.2) is 11.5 Å². The Morgan fingerprint density at radius 1 is 1.28 bits per heavy atom. The zero-order valence-electron chi connectivity index (χ0n) is 10.1. The molecule has 0 aliphatic heterocycles. The van der Waals surface area contributed by atoms with Gasteiger partial charge in [-0.2, -0.15) is 0 Å². The molecule has 0 amide bonds. The average Bonchev–Trinajstić information content (AvgIpc) is 2.42. The molecule has 5 nitrogen and oxygen atoms in total. The first-order valence-corrected chi connectivity index (χ1v) is 5.61. The molecule has 0 bridgehead atoms. The Labute approximate surface area is 105 Å². The Morgan fingerprint density at radius 3 is 2.89 bits per heavy atom. The minimum Gasteiger partial charge on any atom is -0.504 e. The molecule has 0 spiro atoms. The van der Waals surface area contributed by atoms with Crippen LogP contribution < -0.4 is 10.1 Å². The lowest BCUT2D eigenvalue weighted by Crippen LogP contribution is -2.13. The van der Waals surface area contributed by atoms with Gasteiger partial charge in [0, 0.05) is 19.3 Å². The molecule has 94 valence electrons. The standard InChI is InChI=1S/C13H15N3O2/c1-18-13-6-10(2-3-12(13)17)7-15-8-11-4-5-14-9-16-11/h2-6,9,15,17H,7-8H2,1H3. The van der Waals surface area contributed by atoms with E-state index in [2.05, 4.69) is 15.3 Å². The van der Waals surface area contributed by atoms with Crippen molar-refractivity contribution in [2.45, 2.75) is 13.1 Å². The molecule has 0 atom stereocenters. The van der Waals surface area contributed by atoms with Crippen LogP contribution in [0.15, 0.2) is 36.8 Å². The van der Waals surface area contributed by atoms with Crippen LogP contribution in [0.3, 0.4) is 0 Å². The number of nitrogens with one attached hydrogen (secondary N) is 1. The third kappa shape index (κ3) is 3.18. The van der Waals surface area contributed by atoms with Gasteiger partial charge in [-0.25, -0.2) is 9.97 Å². The van der Waals surface area contributed by atoms with Gasteiger partial charge < -0.3 is 15.2 Å². The highest BCUT2D eigenvalue weighted by Gasteiger charge is 2.02. The summed E-state index contributed by atoms with van der Waals surface area (Å²) in [6.45, 7) is 1.35. The average molecular weight is 245 g/mol. The van der Waals surface area contributed by atoms with Gasteiger partial charge in [-0.1, -0.05) is 6.07 Å². The van der Waals surface area contributed by atoms with Crippen molar-refractivity contribution >= 4 is 0 Å². The van der Waals surface area contributed by atoms with E-state index < -0.39 is 0 Å². The Kier molecular flexibility index (Phi) is 4.09. The summed E-state index contributed by atoms with van der Waals surface area (Å²) >= 11 is 0. The number of methoxy groups -OCH3 is 1. The van der Waals surface area contributed by atoms with Gasteiger partial charge in [-0.05, 0) is 23.8 Å². The van der Waals surface area contributed by atoms with E-state index in [-0.39, 0.29) is 5.75 Å². The van der Waals surface area contributed by atoms with E-state index in [9.17, 15) is 5.11 Å². The number of nitrogens with zero attached hydrogens (tertiary/aromatic N) is 2. The highest BCUT2D eigenvalue weighted by molar-refractivity contribution is 5.41. The van der Waals surface area contributed by atoms with E-state index in [1.807, 2.05) is 18.2 Å². The van der Waals surface area contributed by atoms with E-state index in [1.165, 1.54) is 13.4 Å². The fourth-order valence-electron chi connectivity index (χ4n) is 1.59. The first-order valence-electron chi connectivity index (χ1n) is 5.61. The van der Waals surface area contributed by atoms with Gasteiger partial charge in [-0.3, -0.25) is 0 Å². The van der Waals surface area contributed by atoms with E-state index in [0.717, 1.165) is 11.3 Å². The molecule has 2 aromatic rings. The molecule has 0 aliphatic rings. The zero-order chi connectivity index (χ0) is 12.8. The first-order chi connectivity index (χ1) is 8.79. The van der Waals surface area contributed by atoms with Crippen molar-refractivity contribution in [2.75, 3.05) is 7.11 Å². The summed E-state index contributed by atoms with van der Waals surface area (Å²) in [5.74, 6) is 0.633. The molecule has 0 unspecified atom stereocenters. The lowest BCUT2D eigenvalue weighted by atomic mass is 10.2.